The lowest BCUT2D eigenvalue weighted by atomic mass is 9.86. The topological polar surface area (TPSA) is 151 Å². The van der Waals surface area contributed by atoms with Gasteiger partial charge in [0.25, 0.3) is 0 Å². The number of benzene rings is 4. The summed E-state index contributed by atoms with van der Waals surface area (Å²) in [6.07, 6.45) is 3.15. The van der Waals surface area contributed by atoms with E-state index in [2.05, 4.69) is 46.4 Å². The van der Waals surface area contributed by atoms with Crippen LogP contribution >= 0.6 is 7.37 Å². The van der Waals surface area contributed by atoms with Crippen LogP contribution in [0.2, 0.25) is 0 Å². The number of aromatic nitrogens is 1. The number of nitrogens with zero attached hydrogens (tertiary/aromatic N) is 1. The summed E-state index contributed by atoms with van der Waals surface area (Å²) >= 11 is 0. The monoisotopic (exact) mass is 701 g/mol. The van der Waals surface area contributed by atoms with Crippen LogP contribution in [-0.2, 0) is 21.0 Å². The van der Waals surface area contributed by atoms with E-state index in [0.29, 0.717) is 56.7 Å². The van der Waals surface area contributed by atoms with Gasteiger partial charge >= 0.3 is 6.03 Å². The number of hydrogen-bond acceptors (Lipinski definition) is 7. The number of hydrogen-bond donors (Lipinski definition) is 5. The molecule has 5 aromatic rings. The zero-order chi connectivity index (χ0) is 35.5. The Kier molecular flexibility index (Phi) is 10.3. The SMILES string of the molecule is COc1c(NC(=O)Nc2ccc(Oc3ccnc(Nc4ccc(P(C)(=O)O)c(C)c4)c3)c3ccccc23)cc(C(C)(C)C)cc1NS(C)=O. The average molecular weight is 702 g/mol. The predicted octanol–water partition coefficient (Wildman–Crippen LogP) is 8.26. The maximum atomic E-state index is 13.4. The van der Waals surface area contributed by atoms with Crippen LogP contribution in [-0.4, -0.2) is 40.1 Å². The van der Waals surface area contributed by atoms with Crippen LogP contribution in [0.4, 0.5) is 33.4 Å². The van der Waals surface area contributed by atoms with Crippen molar-refractivity contribution in [2.45, 2.75) is 33.1 Å². The molecule has 4 aromatic carbocycles. The quantitative estimate of drug-likeness (QED) is 0.0914. The Morgan fingerprint density at radius 3 is 2.27 bits per heavy atom. The van der Waals surface area contributed by atoms with Crippen molar-refractivity contribution < 1.29 is 27.9 Å². The summed E-state index contributed by atoms with van der Waals surface area (Å²) in [5, 5.41) is 11.0. The maximum absolute atomic E-state index is 13.4. The predicted molar refractivity (Wildman–Crippen MR) is 200 cm³/mol. The van der Waals surface area contributed by atoms with Gasteiger partial charge in [0.2, 0.25) is 7.37 Å². The highest BCUT2D eigenvalue weighted by molar-refractivity contribution is 7.85. The number of carbonyl (C=O) groups excluding carboxylic acids is 1. The Morgan fingerprint density at radius 2 is 1.61 bits per heavy atom. The number of aryl methyl sites for hydroxylation is 1. The molecule has 11 nitrogen and oxygen atoms in total. The molecule has 0 spiro atoms. The molecule has 0 aliphatic rings. The van der Waals surface area contributed by atoms with Gasteiger partial charge in [-0.25, -0.2) is 14.0 Å². The van der Waals surface area contributed by atoms with Gasteiger partial charge in [0, 0.05) is 46.9 Å². The molecule has 0 radical (unpaired) electrons. The summed E-state index contributed by atoms with van der Waals surface area (Å²) in [7, 11) is -3.24. The molecule has 13 heteroatoms. The van der Waals surface area contributed by atoms with E-state index in [4.69, 9.17) is 9.47 Å². The molecule has 49 heavy (non-hydrogen) atoms. The standard InChI is InChI=1S/C36H40N5O6PS/c1-22-18-24(12-15-32(22)48(6,43)44)38-33-21-25(16-17-37-33)47-31-14-13-28(26-10-8-9-11-27(26)31)39-35(42)40-29-19-23(36(2,3)4)20-30(34(29)46-5)41-49(7)45/h8-21,41H,1-7H3,(H,37,38)(H,43,44)(H2,39,40,42). The summed E-state index contributed by atoms with van der Waals surface area (Å²) in [4.78, 5) is 27.8. The first-order valence-corrected chi connectivity index (χ1v) is 19.0. The molecule has 0 bridgehead atoms. The molecule has 2 unspecified atom stereocenters. The van der Waals surface area contributed by atoms with Gasteiger partial charge in [0.1, 0.15) is 28.3 Å². The Balaban J connectivity index is 1.37. The van der Waals surface area contributed by atoms with E-state index in [-0.39, 0.29) is 5.41 Å². The van der Waals surface area contributed by atoms with Crippen molar-refractivity contribution in [3.8, 4) is 17.2 Å². The third-order valence-electron chi connectivity index (χ3n) is 7.67. The van der Waals surface area contributed by atoms with Crippen LogP contribution in [0.15, 0.2) is 85.1 Å². The normalized spacial score (nSPS) is 13.2. The van der Waals surface area contributed by atoms with Crippen LogP contribution in [0.25, 0.3) is 10.8 Å². The van der Waals surface area contributed by atoms with Gasteiger partial charge in [-0.2, -0.15) is 0 Å². The molecule has 0 aliphatic carbocycles. The van der Waals surface area contributed by atoms with Crippen molar-refractivity contribution in [2.75, 3.05) is 40.7 Å². The zero-order valence-electron chi connectivity index (χ0n) is 28.4. The molecule has 2 amide bonds. The lowest BCUT2D eigenvalue weighted by Crippen LogP contribution is -2.21. The first-order chi connectivity index (χ1) is 23.1. The molecule has 1 aromatic heterocycles. The molecule has 256 valence electrons. The fourth-order valence-corrected chi connectivity index (χ4v) is 6.90. The van der Waals surface area contributed by atoms with Crippen molar-refractivity contribution in [1.82, 2.24) is 4.98 Å². The van der Waals surface area contributed by atoms with Crippen LogP contribution in [0.5, 0.6) is 17.2 Å². The Morgan fingerprint density at radius 1 is 0.918 bits per heavy atom. The van der Waals surface area contributed by atoms with Crippen molar-refractivity contribution in [2.24, 2.45) is 0 Å². The van der Waals surface area contributed by atoms with Crippen LogP contribution in [0.3, 0.4) is 0 Å². The van der Waals surface area contributed by atoms with Gasteiger partial charge in [0.05, 0.1) is 24.2 Å². The van der Waals surface area contributed by atoms with Crippen LogP contribution in [0, 0.1) is 6.92 Å². The molecule has 5 rings (SSSR count). The zero-order valence-corrected chi connectivity index (χ0v) is 30.1. The minimum atomic E-state index is -3.38. The van der Waals surface area contributed by atoms with Crippen molar-refractivity contribution >= 4 is 69.0 Å². The molecular weight excluding hydrogens is 661 g/mol. The first kappa shape index (κ1) is 35.4. The Labute approximate surface area is 288 Å². The maximum Gasteiger partial charge on any atom is 0.323 e. The molecule has 1 heterocycles. The number of pyridine rings is 1. The Bertz CT molecular complexity index is 2110. The molecule has 0 aliphatic heterocycles. The van der Waals surface area contributed by atoms with Gasteiger partial charge in [-0.15, -0.1) is 0 Å². The summed E-state index contributed by atoms with van der Waals surface area (Å²) < 4.78 is 39.0. The molecule has 0 saturated heterocycles. The summed E-state index contributed by atoms with van der Waals surface area (Å²) in [6, 6.07) is 23.0. The summed E-state index contributed by atoms with van der Waals surface area (Å²) in [5.74, 6) is 2.00. The number of methoxy groups -OCH3 is 1. The fourth-order valence-electron chi connectivity index (χ4n) is 5.37. The van der Waals surface area contributed by atoms with Gasteiger partial charge in [-0.1, -0.05) is 45.0 Å². The summed E-state index contributed by atoms with van der Waals surface area (Å²) in [6.45, 7) is 9.26. The number of urea groups is 1. The second-order valence-electron chi connectivity index (χ2n) is 12.6. The lowest BCUT2D eigenvalue weighted by Gasteiger charge is -2.24. The minimum Gasteiger partial charge on any atom is -0.492 e. The van der Waals surface area contributed by atoms with Gasteiger partial charge in [-0.05, 0) is 72.0 Å². The molecule has 5 N–H and O–H groups in total. The molecule has 0 fully saturated rings. The third-order valence-corrected chi connectivity index (χ3v) is 9.57. The molecular formula is C36H40N5O6PS. The number of anilines is 5. The van der Waals surface area contributed by atoms with Gasteiger partial charge in [-0.3, -0.25) is 4.57 Å². The second-order valence-corrected chi connectivity index (χ2v) is 16.0. The Hall–Kier alpha value is -4.90. The van der Waals surface area contributed by atoms with E-state index >= 15 is 0 Å². The van der Waals surface area contributed by atoms with E-state index in [1.165, 1.54) is 20.0 Å². The number of amides is 2. The van der Waals surface area contributed by atoms with E-state index < -0.39 is 24.4 Å². The van der Waals surface area contributed by atoms with Crippen molar-refractivity contribution in [3.63, 3.8) is 0 Å². The average Bonchev–Trinajstić information content (AvgIpc) is 3.01. The minimum absolute atomic E-state index is 0.254. The van der Waals surface area contributed by atoms with Crippen LogP contribution < -0.4 is 35.5 Å². The number of nitrogens with one attached hydrogen (secondary N) is 4. The number of carbonyl (C=O) groups is 1. The molecule has 0 saturated carbocycles. The van der Waals surface area contributed by atoms with Crippen molar-refractivity contribution in [1.29, 1.82) is 0 Å². The van der Waals surface area contributed by atoms with E-state index in [1.54, 1.807) is 55.6 Å². The van der Waals surface area contributed by atoms with Gasteiger partial charge in [0.15, 0.2) is 5.75 Å². The highest BCUT2D eigenvalue weighted by atomic mass is 32.2. The highest BCUT2D eigenvalue weighted by Gasteiger charge is 2.22. The second kappa shape index (κ2) is 14.3. The number of fused-ring (bicyclic) bond motifs is 1. The highest BCUT2D eigenvalue weighted by Crippen LogP contribution is 2.40. The molecule has 2 atom stereocenters. The third kappa shape index (κ3) is 8.58. The summed E-state index contributed by atoms with van der Waals surface area (Å²) in [5.41, 5.74) is 3.58. The van der Waals surface area contributed by atoms with E-state index in [1.807, 2.05) is 36.4 Å². The van der Waals surface area contributed by atoms with Gasteiger partial charge < -0.3 is 35.0 Å². The number of ether oxygens (including phenoxy) is 2. The van der Waals surface area contributed by atoms with Crippen LogP contribution in [0.1, 0.15) is 31.9 Å². The largest absolute Gasteiger partial charge is 0.492 e. The number of rotatable bonds is 10. The van der Waals surface area contributed by atoms with E-state index in [9.17, 15) is 18.5 Å². The van der Waals surface area contributed by atoms with E-state index in [0.717, 1.165) is 16.3 Å². The fraction of sp³-hybridized carbons (Fsp3) is 0.222. The smallest absolute Gasteiger partial charge is 0.323 e. The lowest BCUT2D eigenvalue weighted by molar-refractivity contribution is 0.262. The van der Waals surface area contributed by atoms with Crippen molar-refractivity contribution in [3.05, 3.63) is 96.2 Å². The first-order valence-electron chi connectivity index (χ1n) is 15.4.